The van der Waals surface area contributed by atoms with E-state index in [4.69, 9.17) is 0 Å². The molecule has 2 aliphatic rings. The van der Waals surface area contributed by atoms with Gasteiger partial charge in [-0.05, 0) is 69.3 Å². The fraction of sp³-hybridized carbons (Fsp3) is 0.667. The van der Waals surface area contributed by atoms with Crippen LogP contribution < -0.4 is 0 Å². The molecule has 3 rings (SSSR count). The predicted octanol–water partition coefficient (Wildman–Crippen LogP) is 4.14. The van der Waals surface area contributed by atoms with Gasteiger partial charge >= 0.3 is 0 Å². The molecule has 0 amide bonds. The van der Waals surface area contributed by atoms with Gasteiger partial charge in [-0.25, -0.2) is 8.42 Å². The maximum Gasteiger partial charge on any atom is 0.243 e. The molecule has 0 aromatic heterocycles. The van der Waals surface area contributed by atoms with E-state index in [2.05, 4.69) is 27.8 Å². The molecule has 1 aromatic rings. The number of benzene rings is 1. The molecule has 2 atom stereocenters. The van der Waals surface area contributed by atoms with Crippen LogP contribution in [0.15, 0.2) is 33.6 Å². The summed E-state index contributed by atoms with van der Waals surface area (Å²) in [5, 5.41) is 0. The Morgan fingerprint density at radius 1 is 1.16 bits per heavy atom. The number of likely N-dealkylation sites (tertiary alicyclic amines) is 1. The van der Waals surface area contributed by atoms with Crippen LogP contribution in [-0.4, -0.2) is 49.8 Å². The first-order chi connectivity index (χ1) is 11.4. The summed E-state index contributed by atoms with van der Waals surface area (Å²) in [6.45, 7) is 4.66. The zero-order valence-corrected chi connectivity index (χ0v) is 18.1. The summed E-state index contributed by atoms with van der Waals surface area (Å²) in [6, 6.07) is 7.64. The van der Waals surface area contributed by atoms with E-state index in [0.29, 0.717) is 10.9 Å². The monoisotopic (exact) mass is 450 g/mol. The van der Waals surface area contributed by atoms with Gasteiger partial charge in [-0.1, -0.05) is 28.9 Å². The number of piperidine rings is 1. The number of hydrogen-bond acceptors (Lipinski definition) is 3. The molecule has 0 N–H and O–H groups in total. The number of nitrogens with zero attached hydrogens (tertiary/aromatic N) is 2. The van der Waals surface area contributed by atoms with Crippen LogP contribution in [-0.2, 0) is 10.0 Å². The van der Waals surface area contributed by atoms with Gasteiger partial charge in [0.2, 0.25) is 10.0 Å². The fourth-order valence-electron chi connectivity index (χ4n) is 3.98. The van der Waals surface area contributed by atoms with Gasteiger partial charge in [-0.2, -0.15) is 4.31 Å². The number of halogens is 2. The van der Waals surface area contributed by atoms with Crippen molar-refractivity contribution in [2.45, 2.75) is 56.0 Å². The van der Waals surface area contributed by atoms with Gasteiger partial charge < -0.3 is 4.90 Å². The third-order valence-corrected chi connectivity index (χ3v) is 8.10. The second-order valence-corrected chi connectivity index (χ2v) is 10.2. The Balaban J connectivity index is 0.00000225. The molecule has 7 heteroatoms. The second kappa shape index (κ2) is 8.70. The minimum absolute atomic E-state index is 0. The van der Waals surface area contributed by atoms with E-state index >= 15 is 0 Å². The van der Waals surface area contributed by atoms with Gasteiger partial charge in [0, 0.05) is 23.6 Å². The van der Waals surface area contributed by atoms with Gasteiger partial charge in [-0.3, -0.25) is 0 Å². The molecule has 0 unspecified atom stereocenters. The molecule has 25 heavy (non-hydrogen) atoms. The van der Waals surface area contributed by atoms with Crippen LogP contribution in [0, 0.1) is 5.92 Å². The molecular weight excluding hydrogens is 424 g/mol. The van der Waals surface area contributed by atoms with Gasteiger partial charge in [0.25, 0.3) is 0 Å². The molecule has 0 radical (unpaired) electrons. The first kappa shape index (κ1) is 21.2. The number of hydrogen-bond donors (Lipinski definition) is 0. The van der Waals surface area contributed by atoms with Crippen molar-refractivity contribution in [2.24, 2.45) is 5.92 Å². The molecule has 2 fully saturated rings. The first-order valence-electron chi connectivity index (χ1n) is 8.85. The molecule has 1 aliphatic carbocycles. The molecule has 1 heterocycles. The predicted molar refractivity (Wildman–Crippen MR) is 108 cm³/mol. The van der Waals surface area contributed by atoms with E-state index in [1.54, 1.807) is 29.6 Å². The van der Waals surface area contributed by atoms with Crippen LogP contribution in [0.1, 0.15) is 39.0 Å². The minimum Gasteiger partial charge on any atom is -0.300 e. The third kappa shape index (κ3) is 4.78. The lowest BCUT2D eigenvalue weighted by Crippen LogP contribution is -2.41. The maximum absolute atomic E-state index is 12.9. The molecule has 1 saturated carbocycles. The average Bonchev–Trinajstić information content (AvgIpc) is 3.04. The Morgan fingerprint density at radius 2 is 1.84 bits per heavy atom. The van der Waals surface area contributed by atoms with Crippen LogP contribution in [0.3, 0.4) is 0 Å². The van der Waals surface area contributed by atoms with E-state index in [0.717, 1.165) is 29.7 Å². The van der Waals surface area contributed by atoms with Gasteiger partial charge in [0.05, 0.1) is 4.90 Å². The molecule has 1 aromatic carbocycles. The Labute approximate surface area is 166 Å². The first-order valence-corrected chi connectivity index (χ1v) is 11.1. The number of rotatable bonds is 4. The van der Waals surface area contributed by atoms with Crippen molar-refractivity contribution in [1.29, 1.82) is 0 Å². The quantitative estimate of drug-likeness (QED) is 0.690. The lowest BCUT2D eigenvalue weighted by atomic mass is 9.97. The summed E-state index contributed by atoms with van der Waals surface area (Å²) in [7, 11) is -1.69. The Morgan fingerprint density at radius 3 is 2.48 bits per heavy atom. The topological polar surface area (TPSA) is 40.6 Å². The molecule has 0 spiro atoms. The standard InChI is InChI=1S/C18H27BrN2O2S.ClH/c1-14-8-10-21(11-9-14)17-7-6-16(13-17)20(2)24(22,23)18-5-3-4-15(19)12-18;/h3-5,12,14,16-17H,6-11,13H2,1-2H3;1H/t16-,17+;/m1./s1. The molecule has 1 saturated heterocycles. The highest BCUT2D eigenvalue weighted by atomic mass is 79.9. The van der Waals surface area contributed by atoms with E-state index < -0.39 is 10.0 Å². The normalized spacial score (nSPS) is 25.9. The van der Waals surface area contributed by atoms with Crippen LogP contribution in [0.2, 0.25) is 0 Å². The smallest absolute Gasteiger partial charge is 0.243 e. The summed E-state index contributed by atoms with van der Waals surface area (Å²) < 4.78 is 28.2. The molecular formula is C18H28BrClN2O2S. The minimum atomic E-state index is -3.42. The Hall–Kier alpha value is -0.140. The zero-order valence-electron chi connectivity index (χ0n) is 14.9. The fourth-order valence-corrected chi connectivity index (χ4v) is 5.97. The van der Waals surface area contributed by atoms with Crippen LogP contribution in [0.5, 0.6) is 0 Å². The Kier molecular flexibility index (Phi) is 7.36. The van der Waals surface area contributed by atoms with E-state index in [9.17, 15) is 8.42 Å². The average molecular weight is 452 g/mol. The highest BCUT2D eigenvalue weighted by molar-refractivity contribution is 9.10. The second-order valence-electron chi connectivity index (χ2n) is 7.32. The van der Waals surface area contributed by atoms with Gasteiger partial charge in [0.1, 0.15) is 0 Å². The lowest BCUT2D eigenvalue weighted by Gasteiger charge is -2.35. The van der Waals surface area contributed by atoms with Crippen molar-refractivity contribution in [3.8, 4) is 0 Å². The van der Waals surface area contributed by atoms with Crippen LogP contribution in [0.4, 0.5) is 0 Å². The largest absolute Gasteiger partial charge is 0.300 e. The number of sulfonamides is 1. The zero-order chi connectivity index (χ0) is 17.3. The summed E-state index contributed by atoms with van der Waals surface area (Å²) in [4.78, 5) is 2.95. The third-order valence-electron chi connectivity index (χ3n) is 5.70. The molecule has 142 valence electrons. The summed E-state index contributed by atoms with van der Waals surface area (Å²) in [5.74, 6) is 0.832. The van der Waals surface area contributed by atoms with E-state index in [1.165, 1.54) is 25.9 Å². The van der Waals surface area contributed by atoms with E-state index in [1.807, 2.05) is 6.07 Å². The molecule has 0 bridgehead atoms. The SMILES string of the molecule is CC1CCN([C@H]2CC[C@@H](N(C)S(=O)(=O)c3cccc(Br)c3)C2)CC1.Cl. The van der Waals surface area contributed by atoms with Crippen molar-refractivity contribution in [1.82, 2.24) is 9.21 Å². The van der Waals surface area contributed by atoms with Crippen molar-refractivity contribution < 1.29 is 8.42 Å². The lowest BCUT2D eigenvalue weighted by molar-refractivity contribution is 0.136. The summed E-state index contributed by atoms with van der Waals surface area (Å²) in [5.41, 5.74) is 0. The summed E-state index contributed by atoms with van der Waals surface area (Å²) >= 11 is 3.36. The maximum atomic E-state index is 12.9. The van der Waals surface area contributed by atoms with Crippen molar-refractivity contribution in [3.05, 3.63) is 28.7 Å². The Bertz CT molecular complexity index is 677. The van der Waals surface area contributed by atoms with Gasteiger partial charge in [0.15, 0.2) is 0 Å². The van der Waals surface area contributed by atoms with Crippen LogP contribution in [0.25, 0.3) is 0 Å². The highest BCUT2D eigenvalue weighted by Gasteiger charge is 2.37. The molecule has 1 aliphatic heterocycles. The van der Waals surface area contributed by atoms with Crippen LogP contribution >= 0.6 is 28.3 Å². The highest BCUT2D eigenvalue weighted by Crippen LogP contribution is 2.33. The van der Waals surface area contributed by atoms with Crippen molar-refractivity contribution in [3.63, 3.8) is 0 Å². The van der Waals surface area contributed by atoms with E-state index in [-0.39, 0.29) is 18.4 Å². The van der Waals surface area contributed by atoms with Gasteiger partial charge in [-0.15, -0.1) is 12.4 Å². The molecule has 4 nitrogen and oxygen atoms in total. The van der Waals surface area contributed by atoms with Crippen molar-refractivity contribution in [2.75, 3.05) is 20.1 Å². The van der Waals surface area contributed by atoms with Crippen molar-refractivity contribution >= 4 is 38.4 Å². The summed E-state index contributed by atoms with van der Waals surface area (Å²) in [6.07, 6.45) is 5.57.